The molecule has 0 bridgehead atoms. The summed E-state index contributed by atoms with van der Waals surface area (Å²) in [6, 6.07) is -0.0284. The fourth-order valence-corrected chi connectivity index (χ4v) is 3.78. The quantitative estimate of drug-likeness (QED) is 0.692. The number of halogens is 6. The van der Waals surface area contributed by atoms with Gasteiger partial charge in [-0.1, -0.05) is 0 Å². The summed E-state index contributed by atoms with van der Waals surface area (Å²) in [5.74, 6) is -5.05. The van der Waals surface area contributed by atoms with Crippen LogP contribution >= 0.6 is 0 Å². The van der Waals surface area contributed by atoms with Gasteiger partial charge in [0, 0.05) is 31.1 Å². The first-order valence-electron chi connectivity index (χ1n) is 9.03. The average Bonchev–Trinajstić information content (AvgIpc) is 3.31. The van der Waals surface area contributed by atoms with Crippen LogP contribution in [0.25, 0.3) is 0 Å². The van der Waals surface area contributed by atoms with Crippen LogP contribution in [0.4, 0.5) is 26.3 Å². The molecule has 0 N–H and O–H groups in total. The standard InChI is InChI=1S/C17H15F6N5O2/c18-12-9(3-5-24-13(12)17(21,22)23)7-27-15(30)28-10(1-2-11(28)25-27)14(29)26-6-4-16(19,20)8-26/h3,5,10H,1-2,4,6-8H2. The number of aryl methyl sites for hydroxylation is 1. The Morgan fingerprint density at radius 1 is 1.30 bits per heavy atom. The number of aromatic nitrogens is 4. The van der Waals surface area contributed by atoms with Gasteiger partial charge in [-0.25, -0.2) is 27.6 Å². The van der Waals surface area contributed by atoms with Gasteiger partial charge in [-0.2, -0.15) is 18.3 Å². The summed E-state index contributed by atoms with van der Waals surface area (Å²) < 4.78 is 81.3. The molecule has 13 heteroatoms. The number of pyridine rings is 1. The van der Waals surface area contributed by atoms with Crippen molar-refractivity contribution in [2.45, 2.75) is 43.9 Å². The van der Waals surface area contributed by atoms with Crippen molar-refractivity contribution in [3.05, 3.63) is 45.6 Å². The van der Waals surface area contributed by atoms with E-state index in [0.717, 1.165) is 26.4 Å². The maximum absolute atomic E-state index is 14.2. The zero-order chi connectivity index (χ0) is 21.8. The van der Waals surface area contributed by atoms with Crippen molar-refractivity contribution in [2.75, 3.05) is 13.1 Å². The first-order chi connectivity index (χ1) is 14.0. The monoisotopic (exact) mass is 435 g/mol. The van der Waals surface area contributed by atoms with Crippen molar-refractivity contribution in [2.24, 2.45) is 0 Å². The second-order valence-corrected chi connectivity index (χ2v) is 7.28. The molecule has 4 rings (SSSR count). The molecule has 0 aliphatic carbocycles. The van der Waals surface area contributed by atoms with E-state index in [9.17, 15) is 35.9 Å². The number of rotatable bonds is 3. The molecule has 2 aromatic rings. The molecule has 0 radical (unpaired) electrons. The zero-order valence-electron chi connectivity index (χ0n) is 15.3. The molecule has 30 heavy (non-hydrogen) atoms. The van der Waals surface area contributed by atoms with Gasteiger partial charge >= 0.3 is 11.9 Å². The number of likely N-dealkylation sites (tertiary alicyclic amines) is 1. The lowest BCUT2D eigenvalue weighted by atomic mass is 10.2. The highest BCUT2D eigenvalue weighted by Gasteiger charge is 2.44. The predicted octanol–water partition coefficient (Wildman–Crippen LogP) is 2.00. The van der Waals surface area contributed by atoms with E-state index < -0.39 is 66.3 Å². The molecule has 162 valence electrons. The Bertz CT molecular complexity index is 1060. The number of hydrogen-bond acceptors (Lipinski definition) is 4. The summed E-state index contributed by atoms with van der Waals surface area (Å²) in [4.78, 5) is 29.3. The third-order valence-electron chi connectivity index (χ3n) is 5.22. The van der Waals surface area contributed by atoms with Crippen molar-refractivity contribution in [3.63, 3.8) is 0 Å². The van der Waals surface area contributed by atoms with Crippen LogP contribution in [-0.4, -0.2) is 49.2 Å². The minimum Gasteiger partial charge on any atom is -0.335 e. The van der Waals surface area contributed by atoms with Gasteiger partial charge in [0.15, 0.2) is 11.5 Å². The van der Waals surface area contributed by atoms with E-state index in [1.54, 1.807) is 0 Å². The van der Waals surface area contributed by atoms with Crippen LogP contribution in [0.2, 0.25) is 0 Å². The Kier molecular flexibility index (Phi) is 4.66. The Morgan fingerprint density at radius 3 is 2.67 bits per heavy atom. The Hall–Kier alpha value is -2.86. The van der Waals surface area contributed by atoms with Gasteiger partial charge in [-0.3, -0.25) is 9.36 Å². The molecule has 0 saturated carbocycles. The molecule has 2 aromatic heterocycles. The molecule has 4 heterocycles. The normalized spacial score (nSPS) is 20.6. The number of alkyl halides is 5. The molecule has 1 amide bonds. The Balaban J connectivity index is 1.61. The van der Waals surface area contributed by atoms with Crippen molar-refractivity contribution < 1.29 is 31.1 Å². The average molecular weight is 435 g/mol. The maximum atomic E-state index is 14.2. The number of amides is 1. The summed E-state index contributed by atoms with van der Waals surface area (Å²) in [5, 5.41) is 3.99. The Labute approximate surface area is 164 Å². The molecular formula is C17H15F6N5O2. The molecule has 1 atom stereocenters. The predicted molar refractivity (Wildman–Crippen MR) is 88.3 cm³/mol. The van der Waals surface area contributed by atoms with Crippen molar-refractivity contribution in [1.29, 1.82) is 0 Å². The van der Waals surface area contributed by atoms with Crippen LogP contribution in [0.15, 0.2) is 17.1 Å². The first-order valence-corrected chi connectivity index (χ1v) is 9.03. The van der Waals surface area contributed by atoms with E-state index >= 15 is 0 Å². The summed E-state index contributed by atoms with van der Waals surface area (Å²) in [6.07, 6.45) is -4.29. The molecule has 1 saturated heterocycles. The zero-order valence-corrected chi connectivity index (χ0v) is 15.3. The molecule has 7 nitrogen and oxygen atoms in total. The van der Waals surface area contributed by atoms with Gasteiger partial charge in [-0.05, 0) is 12.5 Å². The van der Waals surface area contributed by atoms with Crippen molar-refractivity contribution in [3.8, 4) is 0 Å². The second kappa shape index (κ2) is 6.84. The van der Waals surface area contributed by atoms with Gasteiger partial charge in [0.2, 0.25) is 5.91 Å². The van der Waals surface area contributed by atoms with E-state index in [-0.39, 0.29) is 25.2 Å². The van der Waals surface area contributed by atoms with E-state index in [2.05, 4.69) is 10.1 Å². The molecule has 2 aliphatic rings. The highest BCUT2D eigenvalue weighted by atomic mass is 19.4. The second-order valence-electron chi connectivity index (χ2n) is 7.28. The SMILES string of the molecule is O=C(C1CCc2nn(Cc3ccnc(C(F)(F)F)c3F)c(=O)n21)N1CCC(F)(F)C1. The van der Waals surface area contributed by atoms with Crippen LogP contribution in [0.1, 0.15) is 36.0 Å². The lowest BCUT2D eigenvalue weighted by Gasteiger charge is -2.20. The molecule has 1 fully saturated rings. The molecule has 0 spiro atoms. The van der Waals surface area contributed by atoms with Gasteiger partial charge < -0.3 is 4.90 Å². The molecule has 1 unspecified atom stereocenters. The minimum atomic E-state index is -5.00. The third-order valence-corrected chi connectivity index (χ3v) is 5.22. The van der Waals surface area contributed by atoms with Gasteiger partial charge in [0.1, 0.15) is 11.9 Å². The van der Waals surface area contributed by atoms with Crippen LogP contribution in [0, 0.1) is 5.82 Å². The van der Waals surface area contributed by atoms with Crippen LogP contribution in [-0.2, 0) is 23.9 Å². The summed E-state index contributed by atoms with van der Waals surface area (Å²) in [5.41, 5.74) is -2.97. The topological polar surface area (TPSA) is 73.0 Å². The number of hydrogen-bond donors (Lipinski definition) is 0. The number of carbonyl (C=O) groups is 1. The summed E-state index contributed by atoms with van der Waals surface area (Å²) >= 11 is 0. The molecular weight excluding hydrogens is 420 g/mol. The number of nitrogens with zero attached hydrogens (tertiary/aromatic N) is 5. The molecule has 0 aromatic carbocycles. The fourth-order valence-electron chi connectivity index (χ4n) is 3.78. The first kappa shape index (κ1) is 20.4. The van der Waals surface area contributed by atoms with Gasteiger partial charge in [-0.15, -0.1) is 0 Å². The van der Waals surface area contributed by atoms with E-state index in [0.29, 0.717) is 0 Å². The minimum absolute atomic E-state index is 0.136. The number of carbonyl (C=O) groups excluding carboxylic acids is 1. The highest BCUT2D eigenvalue weighted by molar-refractivity contribution is 5.81. The van der Waals surface area contributed by atoms with E-state index in [4.69, 9.17) is 0 Å². The Morgan fingerprint density at radius 2 is 2.03 bits per heavy atom. The highest BCUT2D eigenvalue weighted by Crippen LogP contribution is 2.32. The smallest absolute Gasteiger partial charge is 0.335 e. The van der Waals surface area contributed by atoms with Gasteiger partial charge in [0.05, 0.1) is 13.1 Å². The molecule has 2 aliphatic heterocycles. The largest absolute Gasteiger partial charge is 0.436 e. The van der Waals surface area contributed by atoms with Crippen molar-refractivity contribution in [1.82, 2.24) is 24.2 Å². The van der Waals surface area contributed by atoms with E-state index in [1.165, 1.54) is 0 Å². The lowest BCUT2D eigenvalue weighted by Crippen LogP contribution is -2.39. The van der Waals surface area contributed by atoms with Crippen LogP contribution in [0.3, 0.4) is 0 Å². The van der Waals surface area contributed by atoms with Crippen molar-refractivity contribution >= 4 is 5.91 Å². The fraction of sp³-hybridized carbons (Fsp3) is 0.529. The summed E-state index contributed by atoms with van der Waals surface area (Å²) in [7, 11) is 0. The maximum Gasteiger partial charge on any atom is 0.436 e. The van der Waals surface area contributed by atoms with E-state index in [1.807, 2.05) is 0 Å². The van der Waals surface area contributed by atoms with Crippen LogP contribution in [0.5, 0.6) is 0 Å². The lowest BCUT2D eigenvalue weighted by molar-refractivity contribution is -0.143. The summed E-state index contributed by atoms with van der Waals surface area (Å²) in [6.45, 7) is -1.47. The third kappa shape index (κ3) is 3.45. The van der Waals surface area contributed by atoms with Crippen LogP contribution < -0.4 is 5.69 Å². The van der Waals surface area contributed by atoms with Gasteiger partial charge in [0.25, 0.3) is 5.92 Å². The number of fused-ring (bicyclic) bond motifs is 1.